The Morgan fingerprint density at radius 1 is 1.07 bits per heavy atom. The van der Waals surface area contributed by atoms with Crippen LogP contribution >= 0.6 is 0 Å². The summed E-state index contributed by atoms with van der Waals surface area (Å²) >= 11 is 0. The van der Waals surface area contributed by atoms with E-state index in [0.29, 0.717) is 0 Å². The van der Waals surface area contributed by atoms with Crippen LogP contribution in [-0.2, 0) is 47.8 Å². The molecular weight excluding hydrogens is 645 g/mol. The third kappa shape index (κ3) is 7.41. The zero-order valence-corrected chi connectivity index (χ0v) is 30.5. The number of rotatable bonds is 12. The van der Waals surface area contributed by atoms with Crippen LogP contribution in [0.25, 0.3) is 0 Å². The first-order chi connectivity index (χ1) is 20.7. The van der Waals surface area contributed by atoms with Crippen molar-refractivity contribution in [1.82, 2.24) is 9.21 Å². The van der Waals surface area contributed by atoms with E-state index in [1.165, 1.54) is 38.4 Å². The molecule has 1 aromatic rings. The Hall–Kier alpha value is -2.08. The number of sulfonamides is 1. The van der Waals surface area contributed by atoms with E-state index in [4.69, 9.17) is 22.8 Å². The SMILES string of the molecule is COC[C@H](OS(C)(=O)=O)[C@@]12C(=O)N(S(=O)(=O)c3ccc(C)cc3)CC[C@@H]1C(CC(OC)OC)CN2C(=O)O[Si](C)(C)C(C)(C)C. The van der Waals surface area contributed by atoms with E-state index >= 15 is 0 Å². The molecule has 0 aliphatic carbocycles. The van der Waals surface area contributed by atoms with E-state index in [0.717, 1.165) is 16.1 Å². The molecule has 2 aliphatic rings. The van der Waals surface area contributed by atoms with Crippen LogP contribution in [0.4, 0.5) is 4.79 Å². The normalized spacial score (nSPS) is 23.8. The highest BCUT2D eigenvalue weighted by Crippen LogP contribution is 2.51. The number of fused-ring (bicyclic) bond motifs is 1. The van der Waals surface area contributed by atoms with Gasteiger partial charge in [0.1, 0.15) is 6.10 Å². The minimum absolute atomic E-state index is 0.0706. The highest BCUT2D eigenvalue weighted by molar-refractivity contribution is 7.89. The number of ether oxygens (including phenoxy) is 3. The van der Waals surface area contributed by atoms with Gasteiger partial charge in [-0.1, -0.05) is 38.5 Å². The van der Waals surface area contributed by atoms with Gasteiger partial charge in [0.15, 0.2) is 11.8 Å². The van der Waals surface area contributed by atoms with Crippen LogP contribution in [-0.4, -0.2) is 112 Å². The molecule has 256 valence electrons. The summed E-state index contributed by atoms with van der Waals surface area (Å²) in [6.07, 6.45) is -2.04. The van der Waals surface area contributed by atoms with Crippen molar-refractivity contribution in [3.05, 3.63) is 29.8 Å². The Labute approximate surface area is 268 Å². The maximum Gasteiger partial charge on any atom is 0.397 e. The minimum Gasteiger partial charge on any atom is -0.503 e. The summed E-state index contributed by atoms with van der Waals surface area (Å²) in [5.74, 6) is -2.25. The van der Waals surface area contributed by atoms with Gasteiger partial charge in [-0.25, -0.2) is 17.5 Å². The van der Waals surface area contributed by atoms with Gasteiger partial charge in [-0.2, -0.15) is 8.42 Å². The number of nitrogens with zero attached hydrogens (tertiary/aromatic N) is 2. The van der Waals surface area contributed by atoms with Crippen molar-refractivity contribution in [3.63, 3.8) is 0 Å². The Bertz CT molecular complexity index is 1440. The van der Waals surface area contributed by atoms with Crippen molar-refractivity contribution in [3.8, 4) is 0 Å². The number of benzene rings is 1. The maximum atomic E-state index is 15.0. The third-order valence-electron chi connectivity index (χ3n) is 9.31. The van der Waals surface area contributed by atoms with Gasteiger partial charge in [-0.05, 0) is 49.5 Å². The van der Waals surface area contributed by atoms with Gasteiger partial charge < -0.3 is 18.6 Å². The number of likely N-dealkylation sites (tertiary alicyclic amines) is 1. The van der Waals surface area contributed by atoms with Crippen LogP contribution in [0.15, 0.2) is 29.2 Å². The molecule has 2 fully saturated rings. The van der Waals surface area contributed by atoms with E-state index < -0.39 is 81.9 Å². The lowest BCUT2D eigenvalue weighted by molar-refractivity contribution is -0.155. The highest BCUT2D eigenvalue weighted by atomic mass is 32.2. The summed E-state index contributed by atoms with van der Waals surface area (Å²) in [6, 6.07) is 6.03. The molecule has 0 spiro atoms. The molecule has 0 bridgehead atoms. The van der Waals surface area contributed by atoms with Crippen molar-refractivity contribution >= 4 is 40.5 Å². The molecule has 0 aromatic heterocycles. The van der Waals surface area contributed by atoms with Crippen LogP contribution in [0.1, 0.15) is 39.2 Å². The van der Waals surface area contributed by atoms with E-state index in [1.807, 2.05) is 33.9 Å². The number of aryl methyl sites for hydroxylation is 1. The first-order valence-corrected chi connectivity index (χ1v) is 20.9. The molecule has 2 aliphatic heterocycles. The molecule has 0 saturated carbocycles. The second-order valence-electron chi connectivity index (χ2n) is 13.3. The van der Waals surface area contributed by atoms with Gasteiger partial charge in [-0.3, -0.25) is 13.9 Å². The van der Waals surface area contributed by atoms with Crippen LogP contribution in [0, 0.1) is 18.8 Å². The van der Waals surface area contributed by atoms with E-state index in [-0.39, 0.29) is 30.8 Å². The Balaban J connectivity index is 2.32. The predicted molar refractivity (Wildman–Crippen MR) is 169 cm³/mol. The molecule has 3 rings (SSSR count). The molecule has 2 heterocycles. The van der Waals surface area contributed by atoms with Crippen molar-refractivity contribution in [2.24, 2.45) is 11.8 Å². The lowest BCUT2D eigenvalue weighted by atomic mass is 9.70. The van der Waals surface area contributed by atoms with Crippen LogP contribution < -0.4 is 0 Å². The van der Waals surface area contributed by atoms with Gasteiger partial charge in [0.05, 0.1) is 17.8 Å². The summed E-state index contributed by atoms with van der Waals surface area (Å²) in [6.45, 7) is 10.7. The van der Waals surface area contributed by atoms with E-state index in [1.54, 1.807) is 19.1 Å². The smallest absolute Gasteiger partial charge is 0.397 e. The fraction of sp³-hybridized carbons (Fsp3) is 0.724. The van der Waals surface area contributed by atoms with E-state index in [2.05, 4.69) is 0 Å². The van der Waals surface area contributed by atoms with Crippen molar-refractivity contribution < 1.29 is 49.2 Å². The van der Waals surface area contributed by atoms with Crippen LogP contribution in [0.2, 0.25) is 18.1 Å². The number of amides is 2. The second kappa shape index (κ2) is 13.6. The van der Waals surface area contributed by atoms with E-state index in [9.17, 15) is 26.4 Å². The molecule has 0 radical (unpaired) electrons. The summed E-state index contributed by atoms with van der Waals surface area (Å²) in [4.78, 5) is 30.4. The Morgan fingerprint density at radius 3 is 2.13 bits per heavy atom. The molecule has 0 N–H and O–H groups in total. The minimum atomic E-state index is -4.44. The fourth-order valence-electron chi connectivity index (χ4n) is 5.99. The first-order valence-electron chi connectivity index (χ1n) is 14.7. The summed E-state index contributed by atoms with van der Waals surface area (Å²) in [5, 5.41) is -0.405. The first kappa shape index (κ1) is 37.4. The van der Waals surface area contributed by atoms with Gasteiger partial charge >= 0.3 is 6.09 Å². The molecular formula is C29H48N2O11S2Si. The standard InChI is InChI=1S/C29H48N2O11S2Si/c1-20-11-13-22(14-12-20)44(36,37)31-16-15-23-21(17-25(39-6)40-7)18-30(27(33)42-45(9,10)28(2,3)4)29(23,26(31)32)24(19-38-5)41-43(8,34)35/h11-14,21,23-25H,15-19H2,1-10H3/t21?,23-,24+,29-/m1/s1. The molecule has 4 atom stereocenters. The number of piperidine rings is 1. The molecule has 13 nitrogen and oxygen atoms in total. The zero-order chi connectivity index (χ0) is 34.2. The van der Waals surface area contributed by atoms with Crippen LogP contribution in [0.3, 0.4) is 0 Å². The molecule has 45 heavy (non-hydrogen) atoms. The Morgan fingerprint density at radius 2 is 1.64 bits per heavy atom. The molecule has 1 aromatic carbocycles. The van der Waals surface area contributed by atoms with Crippen LogP contribution in [0.5, 0.6) is 0 Å². The average molecular weight is 693 g/mol. The van der Waals surface area contributed by atoms with Gasteiger partial charge in [0.25, 0.3) is 34.4 Å². The van der Waals surface area contributed by atoms with Gasteiger partial charge in [0, 0.05) is 46.8 Å². The maximum absolute atomic E-state index is 15.0. The van der Waals surface area contributed by atoms with Gasteiger partial charge in [0.2, 0.25) is 0 Å². The largest absolute Gasteiger partial charge is 0.503 e. The number of carbonyl (C=O) groups excluding carboxylic acids is 2. The highest BCUT2D eigenvalue weighted by Gasteiger charge is 2.69. The zero-order valence-electron chi connectivity index (χ0n) is 27.9. The quantitative estimate of drug-likeness (QED) is 0.180. The monoisotopic (exact) mass is 692 g/mol. The lowest BCUT2D eigenvalue weighted by Gasteiger charge is -2.50. The Kier molecular flexibility index (Phi) is 11.3. The number of carbonyl (C=O) groups is 2. The molecule has 16 heteroatoms. The summed E-state index contributed by atoms with van der Waals surface area (Å²) in [7, 11) is -7.26. The average Bonchev–Trinajstić information content (AvgIpc) is 3.26. The van der Waals surface area contributed by atoms with Crippen molar-refractivity contribution in [1.29, 1.82) is 0 Å². The number of methoxy groups -OCH3 is 3. The predicted octanol–water partition coefficient (Wildman–Crippen LogP) is 3.34. The number of hydrogen-bond acceptors (Lipinski definition) is 11. The topological polar surface area (TPSA) is 155 Å². The van der Waals surface area contributed by atoms with Crippen molar-refractivity contribution in [2.75, 3.05) is 47.3 Å². The fourth-order valence-corrected chi connectivity index (χ4v) is 8.92. The molecule has 1 unspecified atom stereocenters. The third-order valence-corrected chi connectivity index (χ3v) is 16.0. The molecule has 2 saturated heterocycles. The number of hydrogen-bond donors (Lipinski definition) is 0. The summed E-state index contributed by atoms with van der Waals surface area (Å²) < 4.78 is 82.2. The lowest BCUT2D eigenvalue weighted by Crippen LogP contribution is -2.72. The summed E-state index contributed by atoms with van der Waals surface area (Å²) in [5.41, 5.74) is -1.31. The molecule has 2 amide bonds. The second-order valence-corrected chi connectivity index (χ2v) is 21.5. The van der Waals surface area contributed by atoms with Gasteiger partial charge in [-0.15, -0.1) is 0 Å². The van der Waals surface area contributed by atoms with Crippen molar-refractivity contribution in [2.45, 2.75) is 81.5 Å².